The molecule has 0 aliphatic heterocycles. The molecule has 0 aromatic rings. The van der Waals surface area contributed by atoms with Crippen LogP contribution in [0.1, 0.15) is 27.2 Å². The smallest absolute Gasteiger partial charge is 0.0641 e. The number of hydrogen-bond donors (Lipinski definition) is 1. The van der Waals surface area contributed by atoms with Crippen LogP contribution in [0.5, 0.6) is 0 Å². The SMILES string of the molecule is CCC(=CC(C)C)CO. The van der Waals surface area contributed by atoms with E-state index >= 15 is 0 Å². The minimum absolute atomic E-state index is 0.217. The molecule has 0 rings (SSSR count). The second-order valence-corrected chi connectivity index (χ2v) is 2.58. The van der Waals surface area contributed by atoms with E-state index in [9.17, 15) is 0 Å². The van der Waals surface area contributed by atoms with Gasteiger partial charge in [0.2, 0.25) is 0 Å². The highest BCUT2D eigenvalue weighted by Gasteiger charge is 1.91. The number of allylic oxidation sites excluding steroid dienone is 1. The maximum atomic E-state index is 8.71. The van der Waals surface area contributed by atoms with Crippen LogP contribution in [0.25, 0.3) is 0 Å². The third kappa shape index (κ3) is 4.22. The Balaban J connectivity index is 3.75. The van der Waals surface area contributed by atoms with Crippen LogP contribution in [0.3, 0.4) is 0 Å². The highest BCUT2D eigenvalue weighted by Crippen LogP contribution is 2.04. The molecule has 54 valence electrons. The van der Waals surface area contributed by atoms with Gasteiger partial charge in [0.25, 0.3) is 0 Å². The second-order valence-electron chi connectivity index (χ2n) is 2.58. The van der Waals surface area contributed by atoms with Gasteiger partial charge in [-0.05, 0) is 17.9 Å². The van der Waals surface area contributed by atoms with E-state index in [0.717, 1.165) is 12.0 Å². The topological polar surface area (TPSA) is 20.2 Å². The summed E-state index contributed by atoms with van der Waals surface area (Å²) < 4.78 is 0. The van der Waals surface area contributed by atoms with Gasteiger partial charge in [0.05, 0.1) is 6.61 Å². The Bertz CT molecular complexity index is 86.7. The molecule has 0 saturated heterocycles. The minimum atomic E-state index is 0.217. The van der Waals surface area contributed by atoms with Gasteiger partial charge in [-0.2, -0.15) is 0 Å². The molecule has 1 nitrogen and oxygen atoms in total. The molecule has 0 heterocycles. The molecule has 0 atom stereocenters. The Morgan fingerprint density at radius 3 is 2.22 bits per heavy atom. The lowest BCUT2D eigenvalue weighted by Gasteiger charge is -2.00. The molecule has 0 aliphatic rings. The van der Waals surface area contributed by atoms with Gasteiger partial charge in [-0.1, -0.05) is 26.8 Å². The average molecular weight is 128 g/mol. The summed E-state index contributed by atoms with van der Waals surface area (Å²) in [5.41, 5.74) is 1.14. The molecular formula is C8H16O. The van der Waals surface area contributed by atoms with Crippen LogP contribution in [0, 0.1) is 5.92 Å². The molecule has 1 heteroatoms. The first kappa shape index (κ1) is 8.70. The van der Waals surface area contributed by atoms with Gasteiger partial charge >= 0.3 is 0 Å². The van der Waals surface area contributed by atoms with Gasteiger partial charge in [-0.25, -0.2) is 0 Å². The van der Waals surface area contributed by atoms with Crippen molar-refractivity contribution in [3.05, 3.63) is 11.6 Å². The summed E-state index contributed by atoms with van der Waals surface area (Å²) >= 11 is 0. The molecule has 0 bridgehead atoms. The van der Waals surface area contributed by atoms with Crippen molar-refractivity contribution in [1.82, 2.24) is 0 Å². The van der Waals surface area contributed by atoms with E-state index in [-0.39, 0.29) is 6.61 Å². The van der Waals surface area contributed by atoms with Crippen molar-refractivity contribution in [2.45, 2.75) is 27.2 Å². The van der Waals surface area contributed by atoms with E-state index in [1.807, 2.05) is 0 Å². The summed E-state index contributed by atoms with van der Waals surface area (Å²) in [6.45, 7) is 6.51. The summed E-state index contributed by atoms with van der Waals surface area (Å²) in [6, 6.07) is 0. The maximum absolute atomic E-state index is 8.71. The molecule has 1 N–H and O–H groups in total. The van der Waals surface area contributed by atoms with E-state index in [2.05, 4.69) is 26.8 Å². The summed E-state index contributed by atoms with van der Waals surface area (Å²) in [5.74, 6) is 0.562. The van der Waals surface area contributed by atoms with E-state index in [1.165, 1.54) is 0 Å². The second kappa shape index (κ2) is 4.57. The fourth-order valence-corrected chi connectivity index (χ4v) is 0.754. The molecule has 0 aromatic heterocycles. The molecule has 0 spiro atoms. The first-order valence-corrected chi connectivity index (χ1v) is 3.51. The van der Waals surface area contributed by atoms with Gasteiger partial charge in [-0.15, -0.1) is 0 Å². The monoisotopic (exact) mass is 128 g/mol. The van der Waals surface area contributed by atoms with Crippen molar-refractivity contribution in [2.75, 3.05) is 6.61 Å². The average Bonchev–Trinajstić information content (AvgIpc) is 1.82. The number of hydrogen-bond acceptors (Lipinski definition) is 1. The van der Waals surface area contributed by atoms with E-state index in [4.69, 9.17) is 5.11 Å². The van der Waals surface area contributed by atoms with Gasteiger partial charge in [0.1, 0.15) is 0 Å². The lowest BCUT2D eigenvalue weighted by Crippen LogP contribution is -1.91. The Morgan fingerprint density at radius 2 is 2.11 bits per heavy atom. The van der Waals surface area contributed by atoms with Gasteiger partial charge < -0.3 is 5.11 Å². The number of rotatable bonds is 3. The first-order chi connectivity index (χ1) is 4.20. The Hall–Kier alpha value is -0.300. The number of aliphatic hydroxyl groups is 1. The number of aliphatic hydroxyl groups excluding tert-OH is 1. The van der Waals surface area contributed by atoms with Crippen LogP contribution in [-0.4, -0.2) is 11.7 Å². The zero-order valence-corrected chi connectivity index (χ0v) is 6.52. The highest BCUT2D eigenvalue weighted by molar-refractivity contribution is 5.02. The zero-order chi connectivity index (χ0) is 7.28. The summed E-state index contributed by atoms with van der Waals surface area (Å²) in [4.78, 5) is 0. The largest absolute Gasteiger partial charge is 0.392 e. The van der Waals surface area contributed by atoms with Crippen LogP contribution in [0.2, 0.25) is 0 Å². The molecular weight excluding hydrogens is 112 g/mol. The van der Waals surface area contributed by atoms with Crippen LogP contribution in [0.15, 0.2) is 11.6 Å². The molecule has 0 unspecified atom stereocenters. The zero-order valence-electron chi connectivity index (χ0n) is 6.52. The lowest BCUT2D eigenvalue weighted by atomic mass is 10.1. The third-order valence-corrected chi connectivity index (χ3v) is 1.23. The Labute approximate surface area is 57.4 Å². The third-order valence-electron chi connectivity index (χ3n) is 1.23. The normalized spacial score (nSPS) is 12.8. The predicted octanol–water partition coefficient (Wildman–Crippen LogP) is 1.97. The Morgan fingerprint density at radius 1 is 1.56 bits per heavy atom. The van der Waals surface area contributed by atoms with Crippen molar-refractivity contribution in [2.24, 2.45) is 5.92 Å². The van der Waals surface area contributed by atoms with Crippen LogP contribution in [0.4, 0.5) is 0 Å². The van der Waals surface area contributed by atoms with Crippen LogP contribution in [-0.2, 0) is 0 Å². The van der Waals surface area contributed by atoms with Crippen LogP contribution >= 0.6 is 0 Å². The van der Waals surface area contributed by atoms with Crippen molar-refractivity contribution in [3.8, 4) is 0 Å². The van der Waals surface area contributed by atoms with Crippen LogP contribution < -0.4 is 0 Å². The van der Waals surface area contributed by atoms with E-state index in [1.54, 1.807) is 0 Å². The minimum Gasteiger partial charge on any atom is -0.392 e. The van der Waals surface area contributed by atoms with Gasteiger partial charge in [0.15, 0.2) is 0 Å². The summed E-state index contributed by atoms with van der Waals surface area (Å²) in [6.07, 6.45) is 3.08. The molecule has 0 aromatic carbocycles. The van der Waals surface area contributed by atoms with Gasteiger partial charge in [-0.3, -0.25) is 0 Å². The lowest BCUT2D eigenvalue weighted by molar-refractivity contribution is 0.326. The fraction of sp³-hybridized carbons (Fsp3) is 0.750. The van der Waals surface area contributed by atoms with Crippen molar-refractivity contribution in [3.63, 3.8) is 0 Å². The molecule has 0 fully saturated rings. The summed E-state index contributed by atoms with van der Waals surface area (Å²) in [7, 11) is 0. The fourth-order valence-electron chi connectivity index (χ4n) is 0.754. The van der Waals surface area contributed by atoms with E-state index in [0.29, 0.717) is 5.92 Å². The standard InChI is InChI=1S/C8H16O/c1-4-8(6-9)5-7(2)3/h5,7,9H,4,6H2,1-3H3. The van der Waals surface area contributed by atoms with Crippen molar-refractivity contribution < 1.29 is 5.11 Å². The molecule has 0 radical (unpaired) electrons. The maximum Gasteiger partial charge on any atom is 0.0641 e. The van der Waals surface area contributed by atoms with Gasteiger partial charge in [0, 0.05) is 0 Å². The predicted molar refractivity (Wildman–Crippen MR) is 40.3 cm³/mol. The molecule has 0 aliphatic carbocycles. The molecule has 0 amide bonds. The Kier molecular flexibility index (Phi) is 4.41. The van der Waals surface area contributed by atoms with Crippen molar-refractivity contribution in [1.29, 1.82) is 0 Å². The molecule has 0 saturated carbocycles. The quantitative estimate of drug-likeness (QED) is 0.576. The van der Waals surface area contributed by atoms with Crippen molar-refractivity contribution >= 4 is 0 Å². The summed E-state index contributed by atoms with van der Waals surface area (Å²) in [5, 5.41) is 8.71. The molecule has 9 heavy (non-hydrogen) atoms. The highest BCUT2D eigenvalue weighted by atomic mass is 16.3. The first-order valence-electron chi connectivity index (χ1n) is 3.51. The van der Waals surface area contributed by atoms with E-state index < -0.39 is 0 Å².